The van der Waals surface area contributed by atoms with E-state index in [0.717, 1.165) is 0 Å². The summed E-state index contributed by atoms with van der Waals surface area (Å²) in [7, 11) is 0. The van der Waals surface area contributed by atoms with Crippen LogP contribution in [0.3, 0.4) is 0 Å². The molecule has 0 spiro atoms. The number of carboxylic acids is 1. The highest BCUT2D eigenvalue weighted by molar-refractivity contribution is 5.84. The molecule has 0 atom stereocenters. The lowest BCUT2D eigenvalue weighted by atomic mass is 10.4. The van der Waals surface area contributed by atoms with Crippen LogP contribution in [0.25, 0.3) is 0 Å². The van der Waals surface area contributed by atoms with Gasteiger partial charge in [0.15, 0.2) is 0 Å². The molecule has 0 radical (unpaired) electrons. The molecule has 0 amide bonds. The minimum atomic E-state index is -1.26. The van der Waals surface area contributed by atoms with Crippen molar-refractivity contribution in [2.24, 2.45) is 0 Å². The standard InChI is InChI=1S/C4H6O3.C4H6O2.C2H6O2/c1-2-3-7-4(5)6;1-3(2)4(5)6;3-1-2-4/h2H,1,3H2,(H,5,6);1H2,2H3,(H,5,6);3-4H,1-2H2. The second kappa shape index (κ2) is 16.6. The smallest absolute Gasteiger partial charge is 0.478 e. The number of hydrogen-bond donors (Lipinski definition) is 4. The van der Waals surface area contributed by atoms with Crippen LogP contribution in [0, 0.1) is 0 Å². The molecular weight excluding hydrogens is 232 g/mol. The summed E-state index contributed by atoms with van der Waals surface area (Å²) < 4.78 is 3.99. The lowest BCUT2D eigenvalue weighted by Crippen LogP contribution is -1.98. The Balaban J connectivity index is -0.000000180. The Morgan fingerprint density at radius 2 is 1.59 bits per heavy atom. The molecule has 0 aromatic carbocycles. The van der Waals surface area contributed by atoms with Crippen LogP contribution >= 0.6 is 0 Å². The largest absolute Gasteiger partial charge is 0.506 e. The van der Waals surface area contributed by atoms with Gasteiger partial charge in [-0.2, -0.15) is 0 Å². The number of carboxylic acid groups (broad SMARTS) is 2. The van der Waals surface area contributed by atoms with Gasteiger partial charge in [0.1, 0.15) is 6.61 Å². The number of aliphatic hydroxyl groups excluding tert-OH is 2. The van der Waals surface area contributed by atoms with Gasteiger partial charge in [0, 0.05) is 5.57 Å². The molecule has 100 valence electrons. The molecule has 7 nitrogen and oxygen atoms in total. The molecule has 17 heavy (non-hydrogen) atoms. The zero-order chi connectivity index (χ0) is 14.3. The fraction of sp³-hybridized carbons (Fsp3) is 0.400. The summed E-state index contributed by atoms with van der Waals surface area (Å²) in [6, 6.07) is 0. The summed E-state index contributed by atoms with van der Waals surface area (Å²) in [6.45, 7) is 7.66. The second-order valence-corrected chi connectivity index (χ2v) is 2.40. The molecule has 0 aromatic heterocycles. The average Bonchev–Trinajstić information content (AvgIpc) is 2.27. The van der Waals surface area contributed by atoms with Crippen LogP contribution in [0.1, 0.15) is 6.92 Å². The fourth-order valence-corrected chi connectivity index (χ4v) is 0.130. The molecule has 0 bridgehead atoms. The highest BCUT2D eigenvalue weighted by atomic mass is 16.7. The van der Waals surface area contributed by atoms with Gasteiger partial charge in [-0.1, -0.05) is 19.2 Å². The quantitative estimate of drug-likeness (QED) is 0.325. The number of aliphatic hydroxyl groups is 2. The molecule has 0 saturated carbocycles. The van der Waals surface area contributed by atoms with Gasteiger partial charge in [-0.15, -0.1) is 0 Å². The predicted octanol–water partition coefficient (Wildman–Crippen LogP) is 0.485. The molecule has 0 heterocycles. The molecule has 0 aliphatic carbocycles. The number of rotatable bonds is 4. The Bertz CT molecular complexity index is 221. The normalized spacial score (nSPS) is 7.47. The third-order valence-corrected chi connectivity index (χ3v) is 0.790. The first-order valence-electron chi connectivity index (χ1n) is 4.40. The van der Waals surface area contributed by atoms with Gasteiger partial charge < -0.3 is 25.2 Å². The summed E-state index contributed by atoms with van der Waals surface area (Å²) >= 11 is 0. The Hall–Kier alpha value is -1.86. The molecule has 0 fully saturated rings. The number of ether oxygens (including phenoxy) is 1. The van der Waals surface area contributed by atoms with E-state index in [1.54, 1.807) is 0 Å². The maximum atomic E-state index is 9.60. The Kier molecular flexibility index (Phi) is 20.0. The van der Waals surface area contributed by atoms with Crippen molar-refractivity contribution in [1.82, 2.24) is 0 Å². The van der Waals surface area contributed by atoms with Crippen molar-refractivity contribution >= 4 is 12.1 Å². The molecule has 4 N–H and O–H groups in total. The van der Waals surface area contributed by atoms with E-state index in [0.29, 0.717) is 0 Å². The van der Waals surface area contributed by atoms with E-state index < -0.39 is 12.1 Å². The fourth-order valence-electron chi connectivity index (χ4n) is 0.130. The van der Waals surface area contributed by atoms with Crippen LogP contribution in [-0.2, 0) is 9.53 Å². The van der Waals surface area contributed by atoms with Gasteiger partial charge >= 0.3 is 12.1 Å². The van der Waals surface area contributed by atoms with Crippen molar-refractivity contribution in [3.63, 3.8) is 0 Å². The van der Waals surface area contributed by atoms with Crippen molar-refractivity contribution in [2.45, 2.75) is 6.92 Å². The molecule has 0 aromatic rings. The van der Waals surface area contributed by atoms with Crippen molar-refractivity contribution in [3.05, 3.63) is 24.8 Å². The third kappa shape index (κ3) is 40.9. The predicted molar refractivity (Wildman–Crippen MR) is 60.8 cm³/mol. The SMILES string of the molecule is C=C(C)C(=O)O.C=CCOC(=O)O.OCCO. The average molecular weight is 250 g/mol. The first kappa shape index (κ1) is 20.5. The molecular formula is C10H18O7. The van der Waals surface area contributed by atoms with Gasteiger partial charge in [0.25, 0.3) is 0 Å². The van der Waals surface area contributed by atoms with E-state index in [9.17, 15) is 9.59 Å². The molecule has 0 saturated heterocycles. The van der Waals surface area contributed by atoms with E-state index in [4.69, 9.17) is 20.4 Å². The summed E-state index contributed by atoms with van der Waals surface area (Å²) in [5.41, 5.74) is 0.176. The van der Waals surface area contributed by atoms with Gasteiger partial charge in [0.2, 0.25) is 0 Å². The van der Waals surface area contributed by atoms with Gasteiger partial charge in [-0.05, 0) is 6.92 Å². The number of hydrogen-bond acceptors (Lipinski definition) is 5. The topological polar surface area (TPSA) is 124 Å². The summed E-state index contributed by atoms with van der Waals surface area (Å²) in [4.78, 5) is 19.1. The zero-order valence-corrected chi connectivity index (χ0v) is 9.63. The van der Waals surface area contributed by atoms with E-state index in [-0.39, 0.29) is 25.4 Å². The van der Waals surface area contributed by atoms with Crippen LogP contribution in [-0.4, -0.2) is 52.4 Å². The van der Waals surface area contributed by atoms with E-state index in [2.05, 4.69) is 17.9 Å². The molecule has 0 aliphatic heterocycles. The van der Waals surface area contributed by atoms with Crippen LogP contribution in [0.2, 0.25) is 0 Å². The lowest BCUT2D eigenvalue weighted by Gasteiger charge is -1.88. The van der Waals surface area contributed by atoms with Gasteiger partial charge in [-0.25, -0.2) is 9.59 Å². The third-order valence-electron chi connectivity index (χ3n) is 0.790. The number of aliphatic carboxylic acids is 1. The van der Waals surface area contributed by atoms with Gasteiger partial charge in [0.05, 0.1) is 13.2 Å². The Morgan fingerprint density at radius 3 is 1.65 bits per heavy atom. The molecule has 0 aliphatic rings. The maximum absolute atomic E-state index is 9.60. The highest BCUT2D eigenvalue weighted by Gasteiger charge is 1.90. The zero-order valence-electron chi connectivity index (χ0n) is 9.63. The Morgan fingerprint density at radius 1 is 1.24 bits per heavy atom. The lowest BCUT2D eigenvalue weighted by molar-refractivity contribution is -0.132. The van der Waals surface area contributed by atoms with Crippen LogP contribution < -0.4 is 0 Å². The Labute approximate surface area is 99.3 Å². The summed E-state index contributed by atoms with van der Waals surface area (Å²) in [6.07, 6.45) is 0.105. The molecule has 0 rings (SSSR count). The van der Waals surface area contributed by atoms with Crippen molar-refractivity contribution in [3.8, 4) is 0 Å². The maximum Gasteiger partial charge on any atom is 0.506 e. The van der Waals surface area contributed by atoms with Crippen molar-refractivity contribution in [2.75, 3.05) is 19.8 Å². The second-order valence-electron chi connectivity index (χ2n) is 2.40. The number of carbonyl (C=O) groups is 2. The van der Waals surface area contributed by atoms with E-state index >= 15 is 0 Å². The van der Waals surface area contributed by atoms with Crippen molar-refractivity contribution < 1.29 is 34.8 Å². The summed E-state index contributed by atoms with van der Waals surface area (Å²) in [5, 5.41) is 30.9. The van der Waals surface area contributed by atoms with E-state index in [1.165, 1.54) is 13.0 Å². The molecule has 7 heteroatoms. The van der Waals surface area contributed by atoms with Crippen LogP contribution in [0.5, 0.6) is 0 Å². The van der Waals surface area contributed by atoms with Crippen molar-refractivity contribution in [1.29, 1.82) is 0 Å². The summed E-state index contributed by atoms with van der Waals surface area (Å²) in [5.74, 6) is -0.935. The first-order chi connectivity index (χ1) is 7.83. The van der Waals surface area contributed by atoms with E-state index in [1.807, 2.05) is 0 Å². The van der Waals surface area contributed by atoms with Gasteiger partial charge in [-0.3, -0.25) is 0 Å². The monoisotopic (exact) mass is 250 g/mol. The van der Waals surface area contributed by atoms with Crippen LogP contribution in [0.4, 0.5) is 4.79 Å². The minimum Gasteiger partial charge on any atom is -0.478 e. The molecule has 0 unspecified atom stereocenters. The highest BCUT2D eigenvalue weighted by Crippen LogP contribution is 1.81. The minimum absolute atomic E-state index is 0.0648. The van der Waals surface area contributed by atoms with Crippen LogP contribution in [0.15, 0.2) is 24.8 Å². The first-order valence-corrected chi connectivity index (χ1v) is 4.40.